The van der Waals surface area contributed by atoms with Gasteiger partial charge in [-0.1, -0.05) is 34.5 Å². The van der Waals surface area contributed by atoms with Crippen LogP contribution in [0, 0.1) is 0 Å². The molecule has 0 saturated heterocycles. The van der Waals surface area contributed by atoms with Crippen molar-refractivity contribution in [2.45, 2.75) is 0 Å². The van der Waals surface area contributed by atoms with Crippen molar-refractivity contribution in [3.05, 3.63) is 52.5 Å². The van der Waals surface area contributed by atoms with Crippen molar-refractivity contribution in [1.29, 1.82) is 0 Å². The lowest BCUT2D eigenvalue weighted by Crippen LogP contribution is -2.37. The third kappa shape index (κ3) is 5.39. The molecule has 1 N–H and O–H groups in total. The van der Waals surface area contributed by atoms with Crippen LogP contribution in [0.25, 0.3) is 10.6 Å². The lowest BCUT2D eigenvalue weighted by atomic mass is 10.2. The predicted molar refractivity (Wildman–Crippen MR) is 119 cm³/mol. The van der Waals surface area contributed by atoms with Gasteiger partial charge >= 0.3 is 0 Å². The van der Waals surface area contributed by atoms with Gasteiger partial charge in [0.25, 0.3) is 0 Å². The molecule has 12 heteroatoms. The van der Waals surface area contributed by atoms with Crippen LogP contribution in [0.15, 0.2) is 42.5 Å². The van der Waals surface area contributed by atoms with Gasteiger partial charge in [-0.3, -0.25) is 14.4 Å². The van der Waals surface area contributed by atoms with E-state index in [2.05, 4.69) is 15.5 Å². The summed E-state index contributed by atoms with van der Waals surface area (Å²) in [6.07, 6.45) is 0.996. The van der Waals surface area contributed by atoms with Gasteiger partial charge in [-0.05, 0) is 42.5 Å². The summed E-state index contributed by atoms with van der Waals surface area (Å²) in [7, 11) is -2.18. The molecule has 3 rings (SSSR count). The molecular formula is C18H16Cl2N4O4S2. The number of carbonyl (C=O) groups excluding carboxylic acids is 1. The molecular weight excluding hydrogens is 471 g/mol. The number of nitrogens with one attached hydrogen (secondary N) is 1. The van der Waals surface area contributed by atoms with Crippen LogP contribution >= 0.6 is 34.5 Å². The first-order valence-corrected chi connectivity index (χ1v) is 11.8. The average molecular weight is 487 g/mol. The molecule has 0 bridgehead atoms. The van der Waals surface area contributed by atoms with Gasteiger partial charge in [0.1, 0.15) is 17.3 Å². The maximum Gasteiger partial charge on any atom is 0.246 e. The number of hydrogen-bond acceptors (Lipinski definition) is 7. The van der Waals surface area contributed by atoms with Crippen molar-refractivity contribution < 1.29 is 17.9 Å². The molecule has 0 saturated carbocycles. The second kappa shape index (κ2) is 9.17. The third-order valence-electron chi connectivity index (χ3n) is 3.89. The standard InChI is InChI=1S/C18H16Cl2N4O4S2/c1-28-13-6-3-11(4-7-13)17-22-23-18(29-17)21-16(25)10-24(30(2,26)27)12-5-8-14(19)15(20)9-12/h3-9H,10H2,1-2H3,(H,21,23,25). The Morgan fingerprint density at radius 2 is 1.83 bits per heavy atom. The molecule has 0 unspecified atom stereocenters. The molecule has 0 atom stereocenters. The van der Waals surface area contributed by atoms with Crippen LogP contribution in [0.4, 0.5) is 10.8 Å². The minimum atomic E-state index is -3.75. The van der Waals surface area contributed by atoms with Gasteiger partial charge < -0.3 is 4.74 Å². The lowest BCUT2D eigenvalue weighted by molar-refractivity contribution is -0.114. The van der Waals surface area contributed by atoms with Crippen LogP contribution < -0.4 is 14.4 Å². The number of ether oxygens (including phenoxy) is 1. The molecule has 0 aliphatic heterocycles. The van der Waals surface area contributed by atoms with Gasteiger partial charge in [0.15, 0.2) is 0 Å². The fourth-order valence-electron chi connectivity index (χ4n) is 2.45. The zero-order valence-corrected chi connectivity index (χ0v) is 18.9. The summed E-state index contributed by atoms with van der Waals surface area (Å²) < 4.78 is 30.4. The van der Waals surface area contributed by atoms with Gasteiger partial charge in [-0.2, -0.15) is 0 Å². The molecule has 30 heavy (non-hydrogen) atoms. The highest BCUT2D eigenvalue weighted by Crippen LogP contribution is 2.29. The molecule has 0 aliphatic carbocycles. The summed E-state index contributed by atoms with van der Waals surface area (Å²) in [6.45, 7) is -0.464. The maximum atomic E-state index is 12.5. The number of hydrogen-bond donors (Lipinski definition) is 1. The Morgan fingerprint density at radius 3 is 2.43 bits per heavy atom. The number of sulfonamides is 1. The van der Waals surface area contributed by atoms with Gasteiger partial charge in [-0.25, -0.2) is 8.42 Å². The number of nitrogens with zero attached hydrogens (tertiary/aromatic N) is 3. The highest BCUT2D eigenvalue weighted by molar-refractivity contribution is 7.92. The van der Waals surface area contributed by atoms with E-state index in [1.165, 1.54) is 18.2 Å². The molecule has 158 valence electrons. The normalized spacial score (nSPS) is 11.2. The molecule has 1 aromatic heterocycles. The number of amides is 1. The molecule has 1 heterocycles. The van der Waals surface area contributed by atoms with Crippen molar-refractivity contribution in [3.8, 4) is 16.3 Å². The number of aromatic nitrogens is 2. The largest absolute Gasteiger partial charge is 0.497 e. The minimum absolute atomic E-state index is 0.177. The summed E-state index contributed by atoms with van der Waals surface area (Å²) in [4.78, 5) is 12.5. The van der Waals surface area contributed by atoms with Crippen LogP contribution in [0.5, 0.6) is 5.75 Å². The van der Waals surface area contributed by atoms with E-state index in [1.807, 2.05) is 12.1 Å². The Balaban J connectivity index is 1.74. The van der Waals surface area contributed by atoms with Crippen molar-refractivity contribution in [2.75, 3.05) is 29.5 Å². The van der Waals surface area contributed by atoms with E-state index < -0.39 is 22.5 Å². The highest BCUT2D eigenvalue weighted by atomic mass is 35.5. The molecule has 0 fully saturated rings. The van der Waals surface area contributed by atoms with Crippen molar-refractivity contribution in [1.82, 2.24) is 10.2 Å². The summed E-state index contributed by atoms with van der Waals surface area (Å²) in [5, 5.41) is 11.9. The molecule has 8 nitrogen and oxygen atoms in total. The quantitative estimate of drug-likeness (QED) is 0.542. The maximum absolute atomic E-state index is 12.5. The smallest absolute Gasteiger partial charge is 0.246 e. The monoisotopic (exact) mass is 486 g/mol. The number of rotatable bonds is 7. The molecule has 2 aromatic carbocycles. The topological polar surface area (TPSA) is 101 Å². The first kappa shape index (κ1) is 22.3. The minimum Gasteiger partial charge on any atom is -0.497 e. The highest BCUT2D eigenvalue weighted by Gasteiger charge is 2.22. The SMILES string of the molecule is COc1ccc(-c2nnc(NC(=O)CN(c3ccc(Cl)c(Cl)c3)S(C)(=O)=O)s2)cc1. The first-order chi connectivity index (χ1) is 14.2. The van der Waals surface area contributed by atoms with Crippen LogP contribution in [-0.2, 0) is 14.8 Å². The summed E-state index contributed by atoms with van der Waals surface area (Å²) in [6, 6.07) is 11.5. The third-order valence-corrected chi connectivity index (χ3v) is 6.65. The first-order valence-electron chi connectivity index (χ1n) is 8.38. The zero-order valence-electron chi connectivity index (χ0n) is 15.8. The second-order valence-electron chi connectivity index (χ2n) is 6.06. The molecule has 0 radical (unpaired) electrons. The number of benzene rings is 2. The van der Waals surface area contributed by atoms with E-state index in [4.69, 9.17) is 27.9 Å². The van der Waals surface area contributed by atoms with Gasteiger partial charge in [0, 0.05) is 5.56 Å². The Bertz CT molecular complexity index is 1170. The summed E-state index contributed by atoms with van der Waals surface area (Å²) in [5.41, 5.74) is 1.03. The number of methoxy groups -OCH3 is 1. The van der Waals surface area contributed by atoms with Crippen molar-refractivity contribution >= 4 is 61.3 Å². The van der Waals surface area contributed by atoms with E-state index in [-0.39, 0.29) is 20.9 Å². The summed E-state index contributed by atoms with van der Waals surface area (Å²) >= 11 is 13.0. The Hall–Kier alpha value is -2.40. The Morgan fingerprint density at radius 1 is 1.13 bits per heavy atom. The van der Waals surface area contributed by atoms with Crippen molar-refractivity contribution in [2.24, 2.45) is 0 Å². The van der Waals surface area contributed by atoms with Gasteiger partial charge in [-0.15, -0.1) is 10.2 Å². The van der Waals surface area contributed by atoms with E-state index in [0.717, 1.165) is 27.5 Å². The average Bonchev–Trinajstić information content (AvgIpc) is 3.16. The van der Waals surface area contributed by atoms with E-state index in [1.54, 1.807) is 19.2 Å². The second-order valence-corrected chi connectivity index (χ2v) is 9.76. The van der Waals surface area contributed by atoms with Crippen LogP contribution in [0.1, 0.15) is 0 Å². The number of halogens is 2. The van der Waals surface area contributed by atoms with Crippen LogP contribution in [0.2, 0.25) is 10.0 Å². The number of carbonyl (C=O) groups is 1. The van der Waals surface area contributed by atoms with Crippen LogP contribution in [-0.4, -0.2) is 44.4 Å². The van der Waals surface area contributed by atoms with Gasteiger partial charge in [0.05, 0.1) is 29.1 Å². The molecule has 1 amide bonds. The molecule has 0 spiro atoms. The Labute approximate surface area is 187 Å². The van der Waals surface area contributed by atoms with Crippen LogP contribution in [0.3, 0.4) is 0 Å². The van der Waals surface area contributed by atoms with Gasteiger partial charge in [0.2, 0.25) is 21.1 Å². The zero-order chi connectivity index (χ0) is 21.9. The predicted octanol–water partition coefficient (Wildman–Crippen LogP) is 3.93. The molecule has 3 aromatic rings. The summed E-state index contributed by atoms with van der Waals surface area (Å²) in [5.74, 6) is 0.129. The van der Waals surface area contributed by atoms with E-state index >= 15 is 0 Å². The fourth-order valence-corrected chi connectivity index (χ4v) is 4.36. The van der Waals surface area contributed by atoms with E-state index in [9.17, 15) is 13.2 Å². The fraction of sp³-hybridized carbons (Fsp3) is 0.167. The van der Waals surface area contributed by atoms with E-state index in [0.29, 0.717) is 10.8 Å². The molecule has 0 aliphatic rings. The number of anilines is 2. The lowest BCUT2D eigenvalue weighted by Gasteiger charge is -2.21. The Kier molecular flexibility index (Phi) is 6.81. The van der Waals surface area contributed by atoms with Crippen molar-refractivity contribution in [3.63, 3.8) is 0 Å².